The fourth-order valence-electron chi connectivity index (χ4n) is 0.768. The summed E-state index contributed by atoms with van der Waals surface area (Å²) in [6.07, 6.45) is -6.96. The van der Waals surface area contributed by atoms with Gasteiger partial charge in [-0.25, -0.2) is 18.0 Å². The van der Waals surface area contributed by atoms with E-state index in [1.807, 2.05) is 0 Å². The van der Waals surface area contributed by atoms with Crippen molar-refractivity contribution in [2.24, 2.45) is 5.73 Å². The second-order valence-corrected chi connectivity index (χ2v) is 5.35. The van der Waals surface area contributed by atoms with Gasteiger partial charge < -0.3 is 15.8 Å². The number of nitrogens with one attached hydrogen (secondary N) is 1. The Morgan fingerprint density at radius 3 is 2.22 bits per heavy atom. The Morgan fingerprint density at radius 2 is 1.78 bits per heavy atom. The molecule has 0 saturated carbocycles. The van der Waals surface area contributed by atoms with Gasteiger partial charge in [0.15, 0.2) is 9.84 Å². The minimum Gasteiger partial charge on any atom is -0.369 e. The summed E-state index contributed by atoms with van der Waals surface area (Å²) in [5.41, 5.74) is 5.00. The van der Waals surface area contributed by atoms with Crippen LogP contribution in [0.25, 0.3) is 0 Å². The van der Waals surface area contributed by atoms with Gasteiger partial charge >= 0.3 is 18.2 Å². The highest BCUT2D eigenvalue weighted by atomic mass is 32.2. The van der Waals surface area contributed by atoms with Crippen molar-refractivity contribution < 1.29 is 35.9 Å². The van der Waals surface area contributed by atoms with Crippen LogP contribution in [-0.4, -0.2) is 51.3 Å². The summed E-state index contributed by atoms with van der Waals surface area (Å²) in [5, 5.41) is 1.70. The highest BCUT2D eigenvalue weighted by molar-refractivity contribution is 7.91. The van der Waals surface area contributed by atoms with Gasteiger partial charge in [0.05, 0.1) is 11.5 Å². The number of alkyl halides is 3. The summed E-state index contributed by atoms with van der Waals surface area (Å²) in [5.74, 6) is -3.50. The topological polar surface area (TPSA) is 116 Å². The molecule has 0 radical (unpaired) electrons. The van der Waals surface area contributed by atoms with Gasteiger partial charge in [-0.05, 0) is 0 Å². The molecule has 11 heteroatoms. The lowest BCUT2D eigenvalue weighted by Gasteiger charge is -2.07. The first-order chi connectivity index (χ1) is 8.08. The van der Waals surface area contributed by atoms with Crippen LogP contribution in [0.3, 0.4) is 0 Å². The Hall–Kier alpha value is -1.36. The summed E-state index contributed by atoms with van der Waals surface area (Å²) in [6, 6.07) is 0. The van der Waals surface area contributed by atoms with E-state index in [1.54, 1.807) is 5.32 Å². The molecular weight excluding hydrogens is 281 g/mol. The molecule has 3 N–H and O–H groups in total. The lowest BCUT2D eigenvalue weighted by atomic mass is 10.7. The smallest absolute Gasteiger partial charge is 0.369 e. The molecular formula is C7H11F3N2O5S. The molecule has 0 rings (SSSR count). The van der Waals surface area contributed by atoms with Crippen molar-refractivity contribution >= 4 is 21.9 Å². The van der Waals surface area contributed by atoms with Crippen LogP contribution in [0.4, 0.5) is 18.0 Å². The first-order valence-electron chi connectivity index (χ1n) is 4.56. The average molecular weight is 292 g/mol. The zero-order valence-corrected chi connectivity index (χ0v) is 9.81. The van der Waals surface area contributed by atoms with Gasteiger partial charge in [0.2, 0.25) is 0 Å². The summed E-state index contributed by atoms with van der Waals surface area (Å²) in [6.45, 7) is -0.592. The van der Waals surface area contributed by atoms with Crippen molar-refractivity contribution in [1.29, 1.82) is 0 Å². The minimum atomic E-state index is -5.29. The van der Waals surface area contributed by atoms with Crippen molar-refractivity contribution in [1.82, 2.24) is 5.32 Å². The first kappa shape index (κ1) is 16.6. The van der Waals surface area contributed by atoms with E-state index >= 15 is 0 Å². The molecule has 0 atom stereocenters. The molecule has 7 nitrogen and oxygen atoms in total. The van der Waals surface area contributed by atoms with E-state index in [0.717, 1.165) is 0 Å². The molecule has 0 aromatic carbocycles. The maximum Gasteiger partial charge on any atom is 0.491 e. The normalized spacial score (nSPS) is 12.0. The molecule has 0 saturated heterocycles. The van der Waals surface area contributed by atoms with E-state index in [-0.39, 0.29) is 12.3 Å². The summed E-state index contributed by atoms with van der Waals surface area (Å²) >= 11 is 0. The van der Waals surface area contributed by atoms with Crippen LogP contribution >= 0.6 is 0 Å². The Kier molecular flexibility index (Phi) is 6.05. The number of alkyl carbamates (subject to hydrolysis) is 1. The van der Waals surface area contributed by atoms with E-state index in [4.69, 9.17) is 5.73 Å². The minimum absolute atomic E-state index is 0.112. The van der Waals surface area contributed by atoms with Crippen molar-refractivity contribution in [3.8, 4) is 0 Å². The van der Waals surface area contributed by atoms with Gasteiger partial charge in [-0.3, -0.25) is 0 Å². The van der Waals surface area contributed by atoms with Crippen LogP contribution in [0, 0.1) is 0 Å². The second kappa shape index (κ2) is 6.54. The van der Waals surface area contributed by atoms with Crippen LogP contribution in [0.1, 0.15) is 0 Å². The molecule has 0 aliphatic carbocycles. The van der Waals surface area contributed by atoms with Crippen LogP contribution < -0.4 is 11.1 Å². The third-order valence-electron chi connectivity index (χ3n) is 1.53. The second-order valence-electron chi connectivity index (χ2n) is 3.04. The number of carbonyl (C=O) groups excluding carboxylic acids is 2. The van der Waals surface area contributed by atoms with E-state index in [9.17, 15) is 31.2 Å². The van der Waals surface area contributed by atoms with Gasteiger partial charge in [0.1, 0.15) is 0 Å². The standard InChI is InChI=1S/C7H11F3N2O5S/c8-7(9,10)5(13)17-6(14)12-2-4-18(15,16)3-1-11/h1-4,11H2,(H,12,14). The Balaban J connectivity index is 4.04. The number of ether oxygens (including phenoxy) is 1. The number of amides is 1. The first-order valence-corrected chi connectivity index (χ1v) is 6.38. The molecule has 0 aromatic heterocycles. The van der Waals surface area contributed by atoms with Crippen molar-refractivity contribution in [2.75, 3.05) is 24.6 Å². The van der Waals surface area contributed by atoms with Crippen LogP contribution in [-0.2, 0) is 19.4 Å². The number of halogens is 3. The largest absolute Gasteiger partial charge is 0.491 e. The van der Waals surface area contributed by atoms with Crippen LogP contribution in [0.5, 0.6) is 0 Å². The maximum atomic E-state index is 11.7. The van der Waals surface area contributed by atoms with Crippen LogP contribution in [0.2, 0.25) is 0 Å². The van der Waals surface area contributed by atoms with E-state index in [0.29, 0.717) is 0 Å². The Morgan fingerprint density at radius 1 is 1.22 bits per heavy atom. The Labute approximate surface area is 100 Å². The van der Waals surface area contributed by atoms with Crippen molar-refractivity contribution in [3.05, 3.63) is 0 Å². The van der Waals surface area contributed by atoms with Gasteiger partial charge in [-0.1, -0.05) is 0 Å². The summed E-state index contributed by atoms with van der Waals surface area (Å²) in [7, 11) is -3.49. The molecule has 106 valence electrons. The molecule has 0 aliphatic rings. The predicted molar refractivity (Wildman–Crippen MR) is 53.3 cm³/mol. The molecule has 18 heavy (non-hydrogen) atoms. The molecule has 0 spiro atoms. The zero-order chi connectivity index (χ0) is 14.4. The van der Waals surface area contributed by atoms with Gasteiger partial charge in [-0.2, -0.15) is 13.2 Å². The third kappa shape index (κ3) is 7.06. The highest BCUT2D eigenvalue weighted by Crippen LogP contribution is 2.16. The molecule has 0 aliphatic heterocycles. The predicted octanol–water partition coefficient (Wildman–Crippen LogP) is -0.825. The summed E-state index contributed by atoms with van der Waals surface area (Å²) < 4.78 is 60.5. The molecule has 0 bridgehead atoms. The van der Waals surface area contributed by atoms with Gasteiger partial charge in [0, 0.05) is 13.1 Å². The summed E-state index contributed by atoms with van der Waals surface area (Å²) in [4.78, 5) is 20.9. The lowest BCUT2D eigenvalue weighted by molar-refractivity contribution is -0.192. The number of rotatable bonds is 5. The maximum absolute atomic E-state index is 11.7. The van der Waals surface area contributed by atoms with Crippen molar-refractivity contribution in [3.63, 3.8) is 0 Å². The molecule has 0 unspecified atom stereocenters. The van der Waals surface area contributed by atoms with Crippen molar-refractivity contribution in [2.45, 2.75) is 6.18 Å². The molecule has 0 aromatic rings. The third-order valence-corrected chi connectivity index (χ3v) is 3.21. The van der Waals surface area contributed by atoms with E-state index < -0.39 is 40.4 Å². The number of esters is 1. The number of hydrogen-bond acceptors (Lipinski definition) is 6. The fourth-order valence-corrected chi connectivity index (χ4v) is 1.74. The monoisotopic (exact) mass is 292 g/mol. The number of hydrogen-bond donors (Lipinski definition) is 2. The molecule has 0 heterocycles. The number of carbonyl (C=O) groups is 2. The SMILES string of the molecule is NCCS(=O)(=O)CCNC(=O)OC(=O)C(F)(F)F. The lowest BCUT2D eigenvalue weighted by Crippen LogP contribution is -2.36. The van der Waals surface area contributed by atoms with Crippen LogP contribution in [0.15, 0.2) is 0 Å². The average Bonchev–Trinajstić information content (AvgIpc) is 2.15. The van der Waals surface area contributed by atoms with E-state index in [2.05, 4.69) is 4.74 Å². The zero-order valence-electron chi connectivity index (χ0n) is 8.99. The van der Waals surface area contributed by atoms with Gasteiger partial charge in [0.25, 0.3) is 0 Å². The molecule has 1 amide bonds. The fraction of sp³-hybridized carbons (Fsp3) is 0.714. The quantitative estimate of drug-likeness (QED) is 0.505. The highest BCUT2D eigenvalue weighted by Gasteiger charge is 2.42. The Bertz CT molecular complexity index is 406. The number of nitrogens with two attached hydrogens (primary N) is 1. The molecule has 0 fully saturated rings. The van der Waals surface area contributed by atoms with E-state index in [1.165, 1.54) is 0 Å². The van der Waals surface area contributed by atoms with Gasteiger partial charge in [-0.15, -0.1) is 0 Å². The number of sulfone groups is 1.